The molecule has 0 radical (unpaired) electrons. The summed E-state index contributed by atoms with van der Waals surface area (Å²) in [6, 6.07) is 0.930. The third kappa shape index (κ3) is 3.16. The normalized spacial score (nSPS) is 11.9. The second-order valence-corrected chi connectivity index (χ2v) is 5.75. The Hall–Kier alpha value is -2.23. The molecule has 1 aromatic heterocycles. The molecule has 2 rings (SSSR count). The van der Waals surface area contributed by atoms with Gasteiger partial charge in [-0.25, -0.2) is 0 Å². The molecule has 0 fully saturated rings. The number of hydrogen-bond acceptors (Lipinski definition) is 6. The van der Waals surface area contributed by atoms with Crippen molar-refractivity contribution in [2.75, 3.05) is 5.32 Å². The predicted molar refractivity (Wildman–Crippen MR) is 76.3 cm³/mol. The lowest BCUT2D eigenvalue weighted by Gasteiger charge is -2.10. The molecule has 22 heavy (non-hydrogen) atoms. The summed E-state index contributed by atoms with van der Waals surface area (Å²) in [5.74, 6) is 0. The van der Waals surface area contributed by atoms with Crippen LogP contribution >= 0.6 is 11.3 Å². The number of nitrogens with zero attached hydrogens (tertiary/aromatic N) is 2. The van der Waals surface area contributed by atoms with E-state index in [0.717, 1.165) is 11.3 Å². The average molecular weight is 333 g/mol. The third-order valence-electron chi connectivity index (χ3n) is 2.64. The molecule has 0 aliphatic carbocycles. The summed E-state index contributed by atoms with van der Waals surface area (Å²) in [5.41, 5.74) is -2.95. The first-order chi connectivity index (χ1) is 10.1. The Balaban J connectivity index is 2.82. The van der Waals surface area contributed by atoms with Gasteiger partial charge in [-0.2, -0.15) is 18.2 Å². The van der Waals surface area contributed by atoms with Gasteiger partial charge in [0.25, 0.3) is 11.2 Å². The molecule has 0 aliphatic heterocycles. The van der Waals surface area contributed by atoms with E-state index in [9.17, 15) is 28.1 Å². The van der Waals surface area contributed by atoms with Crippen LogP contribution in [0.3, 0.4) is 0 Å². The summed E-state index contributed by atoms with van der Waals surface area (Å²) in [6.45, 7) is 3.54. The highest BCUT2D eigenvalue weighted by Gasteiger charge is 2.34. The number of nitro groups is 1. The number of rotatable bonds is 3. The van der Waals surface area contributed by atoms with Crippen LogP contribution < -0.4 is 10.9 Å². The molecule has 2 aromatic rings. The van der Waals surface area contributed by atoms with Gasteiger partial charge in [-0.15, -0.1) is 0 Å². The van der Waals surface area contributed by atoms with Crippen LogP contribution in [0.5, 0.6) is 0 Å². The van der Waals surface area contributed by atoms with Crippen LogP contribution in [0.4, 0.5) is 24.0 Å². The summed E-state index contributed by atoms with van der Waals surface area (Å²) in [6.07, 6.45) is -4.79. The molecule has 0 spiro atoms. The van der Waals surface area contributed by atoms with E-state index in [1.54, 1.807) is 13.8 Å². The van der Waals surface area contributed by atoms with Gasteiger partial charge < -0.3 is 5.32 Å². The van der Waals surface area contributed by atoms with E-state index in [2.05, 4.69) is 10.3 Å². The Bertz CT molecular complexity index is 802. The van der Waals surface area contributed by atoms with Gasteiger partial charge in [0.05, 0.1) is 15.9 Å². The van der Waals surface area contributed by atoms with Gasteiger partial charge in [0, 0.05) is 12.1 Å². The van der Waals surface area contributed by atoms with Crippen molar-refractivity contribution in [1.82, 2.24) is 4.98 Å². The van der Waals surface area contributed by atoms with Crippen molar-refractivity contribution in [3.05, 3.63) is 38.2 Å². The fraction of sp³-hybridized carbons (Fsp3) is 0.333. The zero-order chi connectivity index (χ0) is 16.7. The van der Waals surface area contributed by atoms with E-state index in [1.165, 1.54) is 0 Å². The first-order valence-corrected chi connectivity index (χ1v) is 6.88. The molecule has 0 amide bonds. The average Bonchev–Trinajstić information content (AvgIpc) is 2.35. The highest BCUT2D eigenvalue weighted by atomic mass is 32.1. The Labute approximate surface area is 125 Å². The maximum absolute atomic E-state index is 12.8. The fourth-order valence-corrected chi connectivity index (χ4v) is 2.87. The lowest BCUT2D eigenvalue weighted by Crippen LogP contribution is -2.16. The van der Waals surface area contributed by atoms with E-state index in [-0.39, 0.29) is 15.9 Å². The molecule has 0 aliphatic rings. The molecule has 0 saturated heterocycles. The molecule has 0 saturated carbocycles. The Kier molecular flexibility index (Phi) is 4.05. The van der Waals surface area contributed by atoms with Gasteiger partial charge in [0.2, 0.25) is 0 Å². The molecule has 0 unspecified atom stereocenters. The largest absolute Gasteiger partial charge is 0.416 e. The van der Waals surface area contributed by atoms with Crippen molar-refractivity contribution in [2.24, 2.45) is 0 Å². The van der Waals surface area contributed by atoms with Gasteiger partial charge in [-0.1, -0.05) is 11.3 Å². The van der Waals surface area contributed by atoms with Crippen LogP contribution in [0, 0.1) is 10.1 Å². The maximum atomic E-state index is 12.8. The molecule has 10 heteroatoms. The molecule has 1 N–H and O–H groups in total. The molecule has 0 atom stereocenters. The van der Waals surface area contributed by atoms with Gasteiger partial charge in [-0.05, 0) is 19.9 Å². The number of non-ortho nitro benzene ring substituents is 1. The summed E-state index contributed by atoms with van der Waals surface area (Å²) < 4.78 is 38.2. The summed E-state index contributed by atoms with van der Waals surface area (Å²) >= 11 is 0.772. The van der Waals surface area contributed by atoms with Crippen LogP contribution in [0.1, 0.15) is 19.4 Å². The Morgan fingerprint density at radius 2 is 2.00 bits per heavy atom. The smallest absolute Gasteiger partial charge is 0.359 e. The molecule has 1 heterocycles. The van der Waals surface area contributed by atoms with Gasteiger partial charge >= 0.3 is 6.18 Å². The second kappa shape index (κ2) is 5.52. The van der Waals surface area contributed by atoms with E-state index in [1.807, 2.05) is 0 Å². The molecule has 118 valence electrons. The van der Waals surface area contributed by atoms with Crippen LogP contribution in [-0.2, 0) is 6.18 Å². The van der Waals surface area contributed by atoms with E-state index < -0.39 is 33.3 Å². The van der Waals surface area contributed by atoms with E-state index in [4.69, 9.17) is 0 Å². The zero-order valence-corrected chi connectivity index (χ0v) is 12.2. The lowest BCUT2D eigenvalue weighted by atomic mass is 10.1. The van der Waals surface area contributed by atoms with Crippen LogP contribution in [0.15, 0.2) is 16.9 Å². The third-order valence-corrected chi connectivity index (χ3v) is 3.67. The Morgan fingerprint density at radius 3 is 2.50 bits per heavy atom. The number of alkyl halides is 3. The van der Waals surface area contributed by atoms with Crippen molar-refractivity contribution >= 4 is 32.2 Å². The fourth-order valence-electron chi connectivity index (χ4n) is 1.76. The summed E-state index contributed by atoms with van der Waals surface area (Å²) in [7, 11) is 0. The zero-order valence-electron chi connectivity index (χ0n) is 11.4. The van der Waals surface area contributed by atoms with Crippen LogP contribution in [0.2, 0.25) is 0 Å². The van der Waals surface area contributed by atoms with Crippen LogP contribution in [0.25, 0.3) is 10.1 Å². The first-order valence-electron chi connectivity index (χ1n) is 6.06. The number of nitro benzene ring substituents is 1. The molecular formula is C12H10F3N3O3S. The maximum Gasteiger partial charge on any atom is 0.416 e. The highest BCUT2D eigenvalue weighted by Crippen LogP contribution is 2.37. The number of nitrogens with one attached hydrogen (secondary N) is 1. The highest BCUT2D eigenvalue weighted by molar-refractivity contribution is 7.22. The SMILES string of the molecule is CC(C)Nc1nc(=O)c2cc(C(F)(F)F)cc([N+](=O)[O-])c2s1. The lowest BCUT2D eigenvalue weighted by molar-refractivity contribution is -0.383. The molecule has 0 bridgehead atoms. The van der Waals surface area contributed by atoms with E-state index >= 15 is 0 Å². The van der Waals surface area contributed by atoms with Crippen molar-refractivity contribution in [1.29, 1.82) is 0 Å². The van der Waals surface area contributed by atoms with Gasteiger partial charge in [0.15, 0.2) is 5.13 Å². The van der Waals surface area contributed by atoms with E-state index in [0.29, 0.717) is 12.1 Å². The van der Waals surface area contributed by atoms with Gasteiger partial charge in [0.1, 0.15) is 4.70 Å². The minimum absolute atomic E-state index is 0.0888. The number of halogens is 3. The molecule has 1 aromatic carbocycles. The number of benzene rings is 1. The molecule has 6 nitrogen and oxygen atoms in total. The first kappa shape index (κ1) is 16.1. The minimum Gasteiger partial charge on any atom is -0.359 e. The number of anilines is 1. The second-order valence-electron chi connectivity index (χ2n) is 4.75. The van der Waals surface area contributed by atoms with Crippen molar-refractivity contribution in [2.45, 2.75) is 26.1 Å². The topological polar surface area (TPSA) is 85.1 Å². The number of hydrogen-bond donors (Lipinski definition) is 1. The summed E-state index contributed by atoms with van der Waals surface area (Å²) in [4.78, 5) is 25.6. The Morgan fingerprint density at radius 1 is 1.36 bits per heavy atom. The predicted octanol–water partition coefficient (Wildman–Crippen LogP) is 3.40. The van der Waals surface area contributed by atoms with Crippen LogP contribution in [-0.4, -0.2) is 15.9 Å². The molecular weight excluding hydrogens is 323 g/mol. The van der Waals surface area contributed by atoms with Gasteiger partial charge in [-0.3, -0.25) is 14.9 Å². The van der Waals surface area contributed by atoms with Crippen molar-refractivity contribution < 1.29 is 18.1 Å². The minimum atomic E-state index is -4.79. The monoisotopic (exact) mass is 333 g/mol. The number of fused-ring (bicyclic) bond motifs is 1. The van der Waals surface area contributed by atoms with Crippen molar-refractivity contribution in [3.63, 3.8) is 0 Å². The van der Waals surface area contributed by atoms with Crippen molar-refractivity contribution in [3.8, 4) is 0 Å². The standard InChI is InChI=1S/C12H10F3N3O3S/c1-5(2)16-11-17-10(19)7-3-6(12(13,14)15)4-8(18(20)21)9(7)22-11/h3-5H,1-2H3,(H,16,17,19). The summed E-state index contributed by atoms with van der Waals surface area (Å²) in [5, 5.41) is 13.6. The quantitative estimate of drug-likeness (QED) is 0.687. The number of aromatic nitrogens is 1.